The van der Waals surface area contributed by atoms with Crippen molar-refractivity contribution in [1.29, 1.82) is 0 Å². The Morgan fingerprint density at radius 3 is 2.81 bits per heavy atom. The van der Waals surface area contributed by atoms with Crippen molar-refractivity contribution in [2.75, 3.05) is 6.79 Å². The first-order valence-electron chi connectivity index (χ1n) is 8.02. The Kier molecular flexibility index (Phi) is 4.18. The molecule has 5 nitrogen and oxygen atoms in total. The van der Waals surface area contributed by atoms with Crippen LogP contribution in [0.3, 0.4) is 0 Å². The summed E-state index contributed by atoms with van der Waals surface area (Å²) in [5.74, 6) is 1.23. The third kappa shape index (κ3) is 3.19. The summed E-state index contributed by atoms with van der Waals surface area (Å²) in [7, 11) is 0. The number of aryl methyl sites for hydroxylation is 1. The summed E-state index contributed by atoms with van der Waals surface area (Å²) in [6.07, 6.45) is 3.23. The summed E-state index contributed by atoms with van der Waals surface area (Å²) in [5.41, 5.74) is 2.14. The molecule has 0 bridgehead atoms. The van der Waals surface area contributed by atoms with Gasteiger partial charge in [-0.05, 0) is 36.3 Å². The largest absolute Gasteiger partial charge is 0.454 e. The number of aromatic amines is 1. The number of aromatic nitrogens is 1. The van der Waals surface area contributed by atoms with Gasteiger partial charge in [-0.15, -0.1) is 11.3 Å². The molecule has 3 aromatic rings. The highest BCUT2D eigenvalue weighted by Crippen LogP contribution is 2.32. The highest BCUT2D eigenvalue weighted by Gasteiger charge is 2.12. The maximum atomic E-state index is 12.4. The fourth-order valence-electron chi connectivity index (χ4n) is 2.72. The van der Waals surface area contributed by atoms with Gasteiger partial charge in [0.25, 0.3) is 5.56 Å². The van der Waals surface area contributed by atoms with E-state index in [1.54, 1.807) is 12.1 Å². The van der Waals surface area contributed by atoms with E-state index in [9.17, 15) is 9.59 Å². The second-order valence-corrected chi connectivity index (χ2v) is 6.95. The minimum atomic E-state index is -0.225. The van der Waals surface area contributed by atoms with Crippen molar-refractivity contribution in [1.82, 2.24) is 4.98 Å². The van der Waals surface area contributed by atoms with Crippen molar-refractivity contribution in [2.45, 2.75) is 6.92 Å². The Morgan fingerprint density at radius 2 is 1.96 bits per heavy atom. The first kappa shape index (κ1) is 16.4. The highest BCUT2D eigenvalue weighted by molar-refractivity contribution is 7.07. The van der Waals surface area contributed by atoms with Crippen LogP contribution in [0.2, 0.25) is 0 Å². The minimum Gasteiger partial charge on any atom is -0.454 e. The lowest BCUT2D eigenvalue weighted by molar-refractivity contribution is 0.106. The summed E-state index contributed by atoms with van der Waals surface area (Å²) < 4.78 is 11.7. The van der Waals surface area contributed by atoms with Crippen LogP contribution in [0.4, 0.5) is 0 Å². The van der Waals surface area contributed by atoms with Crippen LogP contribution in [0.25, 0.3) is 12.2 Å². The van der Waals surface area contributed by atoms with Gasteiger partial charge in [-0.25, -0.2) is 0 Å². The average Bonchev–Trinajstić information content (AvgIpc) is 3.21. The summed E-state index contributed by atoms with van der Waals surface area (Å²) in [6.45, 7) is 2.09. The van der Waals surface area contributed by atoms with Crippen molar-refractivity contribution in [3.05, 3.63) is 78.7 Å². The van der Waals surface area contributed by atoms with Gasteiger partial charge < -0.3 is 14.5 Å². The van der Waals surface area contributed by atoms with Crippen LogP contribution in [0.15, 0.2) is 47.3 Å². The summed E-state index contributed by atoms with van der Waals surface area (Å²) in [5, 5.41) is 0. The Balaban J connectivity index is 1.71. The predicted molar refractivity (Wildman–Crippen MR) is 100 cm³/mol. The molecule has 4 rings (SSSR count). The lowest BCUT2D eigenvalue weighted by Crippen LogP contribution is -2.20. The lowest BCUT2D eigenvalue weighted by Gasteiger charge is -1.99. The molecule has 1 aliphatic rings. The molecule has 0 amide bonds. The number of H-pyrrole nitrogens is 1. The number of carbonyl (C=O) groups is 1. The Bertz CT molecular complexity index is 1170. The number of nitrogens with one attached hydrogen (secondary N) is 1. The Hall–Kier alpha value is -3.12. The summed E-state index contributed by atoms with van der Waals surface area (Å²) >= 11 is 1.24. The molecule has 1 aliphatic heterocycles. The molecule has 1 N–H and O–H groups in total. The topological polar surface area (TPSA) is 68.4 Å². The normalized spacial score (nSPS) is 14.0. The number of hydrogen-bond donors (Lipinski definition) is 1. The Labute approximate surface area is 152 Å². The average molecular weight is 365 g/mol. The van der Waals surface area contributed by atoms with Crippen LogP contribution in [-0.2, 0) is 0 Å². The summed E-state index contributed by atoms with van der Waals surface area (Å²) in [6, 6.07) is 12.9. The zero-order chi connectivity index (χ0) is 18.1. The van der Waals surface area contributed by atoms with E-state index in [-0.39, 0.29) is 18.1 Å². The minimum absolute atomic E-state index is 0.129. The Morgan fingerprint density at radius 1 is 1.15 bits per heavy atom. The molecule has 0 aliphatic carbocycles. The van der Waals surface area contributed by atoms with Crippen LogP contribution in [0.1, 0.15) is 21.5 Å². The van der Waals surface area contributed by atoms with Crippen LogP contribution >= 0.6 is 11.3 Å². The van der Waals surface area contributed by atoms with E-state index in [1.165, 1.54) is 17.4 Å². The fraction of sp³-hybridized carbons (Fsp3) is 0.100. The van der Waals surface area contributed by atoms with E-state index in [1.807, 2.05) is 43.3 Å². The number of hydrogen-bond acceptors (Lipinski definition) is 5. The van der Waals surface area contributed by atoms with E-state index in [4.69, 9.17) is 9.47 Å². The van der Waals surface area contributed by atoms with Crippen molar-refractivity contribution in [3.63, 3.8) is 0 Å². The zero-order valence-corrected chi connectivity index (χ0v) is 14.8. The zero-order valence-electron chi connectivity index (χ0n) is 13.9. The van der Waals surface area contributed by atoms with Gasteiger partial charge in [0.05, 0.1) is 9.20 Å². The number of ketones is 1. The van der Waals surface area contributed by atoms with E-state index < -0.39 is 0 Å². The molecule has 0 spiro atoms. The molecular weight excluding hydrogens is 350 g/mol. The van der Waals surface area contributed by atoms with E-state index in [0.717, 1.165) is 11.1 Å². The van der Waals surface area contributed by atoms with Crippen LogP contribution < -0.4 is 24.2 Å². The van der Waals surface area contributed by atoms with Crippen LogP contribution in [0.5, 0.6) is 11.5 Å². The third-order valence-corrected chi connectivity index (χ3v) is 5.01. The van der Waals surface area contributed by atoms with Crippen LogP contribution in [0, 0.1) is 6.92 Å². The first-order chi connectivity index (χ1) is 12.6. The van der Waals surface area contributed by atoms with Gasteiger partial charge in [0, 0.05) is 11.6 Å². The van der Waals surface area contributed by atoms with Gasteiger partial charge in [-0.2, -0.15) is 0 Å². The summed E-state index contributed by atoms with van der Waals surface area (Å²) in [4.78, 5) is 27.4. The number of benzene rings is 2. The van der Waals surface area contributed by atoms with Gasteiger partial charge in [-0.1, -0.05) is 30.3 Å². The molecule has 6 heteroatoms. The standard InChI is InChI=1S/C20H15NO4S/c1-12-4-2-3-5-14(12)15(22)10-19-21-20(23)18(26-19)9-13-6-7-16-17(8-13)25-11-24-16/h2-10H,11H2,1H3,(H,21,23)/b18-9-,19-10-. The van der Waals surface area contributed by atoms with Gasteiger partial charge in [0.2, 0.25) is 6.79 Å². The van der Waals surface area contributed by atoms with Gasteiger partial charge in [0.15, 0.2) is 17.3 Å². The van der Waals surface area contributed by atoms with Gasteiger partial charge in [-0.3, -0.25) is 9.59 Å². The molecule has 0 unspecified atom stereocenters. The van der Waals surface area contributed by atoms with Crippen molar-refractivity contribution in [3.8, 4) is 11.5 Å². The van der Waals surface area contributed by atoms with Crippen molar-refractivity contribution < 1.29 is 14.3 Å². The third-order valence-electron chi connectivity index (χ3n) is 4.05. The number of carbonyl (C=O) groups excluding carboxylic acids is 1. The first-order valence-corrected chi connectivity index (χ1v) is 8.84. The fourth-order valence-corrected chi connectivity index (χ4v) is 3.61. The molecule has 26 heavy (non-hydrogen) atoms. The van der Waals surface area contributed by atoms with E-state index in [0.29, 0.717) is 26.3 Å². The molecule has 0 saturated carbocycles. The quantitative estimate of drug-likeness (QED) is 0.721. The SMILES string of the molecule is Cc1ccccc1C(=O)/C=c1/[nH]c(=O)/c(=C/c2ccc3c(c2)OCO3)s1. The van der Waals surface area contributed by atoms with E-state index in [2.05, 4.69) is 4.98 Å². The highest BCUT2D eigenvalue weighted by atomic mass is 32.1. The van der Waals surface area contributed by atoms with Gasteiger partial charge in [0.1, 0.15) is 0 Å². The molecule has 2 heterocycles. The van der Waals surface area contributed by atoms with Crippen LogP contribution in [-0.4, -0.2) is 17.6 Å². The lowest BCUT2D eigenvalue weighted by atomic mass is 10.1. The maximum absolute atomic E-state index is 12.4. The number of Topliss-reactive ketones (excluding diaryl/α,β-unsaturated/α-hetero) is 1. The number of ether oxygens (including phenoxy) is 2. The number of fused-ring (bicyclic) bond motifs is 1. The number of rotatable bonds is 3. The molecule has 0 saturated heterocycles. The number of thiazole rings is 1. The monoisotopic (exact) mass is 365 g/mol. The van der Waals surface area contributed by atoms with Crippen molar-refractivity contribution >= 4 is 29.3 Å². The smallest absolute Gasteiger partial charge is 0.266 e. The molecule has 0 fully saturated rings. The van der Waals surface area contributed by atoms with Crippen molar-refractivity contribution in [2.24, 2.45) is 0 Å². The molecule has 0 radical (unpaired) electrons. The predicted octanol–water partition coefficient (Wildman–Crippen LogP) is 1.97. The molecule has 2 aromatic carbocycles. The van der Waals surface area contributed by atoms with E-state index >= 15 is 0 Å². The molecule has 0 atom stereocenters. The molecule has 130 valence electrons. The molecule has 1 aromatic heterocycles. The van der Waals surface area contributed by atoms with Gasteiger partial charge >= 0.3 is 0 Å². The maximum Gasteiger partial charge on any atom is 0.266 e. The second-order valence-electron chi connectivity index (χ2n) is 5.87. The molecular formula is C20H15NO4S. The second kappa shape index (κ2) is 6.65.